The van der Waals surface area contributed by atoms with Crippen LogP contribution in [0.25, 0.3) is 11.1 Å². The second-order valence-corrected chi connectivity index (χ2v) is 3.37. The van der Waals surface area contributed by atoms with Gasteiger partial charge in [-0.2, -0.15) is 0 Å². The quantitative estimate of drug-likeness (QED) is 0.854. The van der Waals surface area contributed by atoms with Crippen LogP contribution in [-0.2, 0) is 0 Å². The first-order chi connectivity index (χ1) is 7.83. The first-order valence-corrected chi connectivity index (χ1v) is 5.25. The number of ether oxygens (including phenoxy) is 1. The largest absolute Gasteiger partial charge is 0.489 e. The predicted molar refractivity (Wildman–Crippen MR) is 65.3 cm³/mol. The molecule has 0 aliphatic carbocycles. The van der Waals surface area contributed by atoms with Crippen molar-refractivity contribution in [1.82, 2.24) is 4.98 Å². The van der Waals surface area contributed by atoms with Gasteiger partial charge in [-0.1, -0.05) is 30.3 Å². The molecule has 3 nitrogen and oxygen atoms in total. The minimum absolute atomic E-state index is 0.434. The second-order valence-electron chi connectivity index (χ2n) is 3.37. The lowest BCUT2D eigenvalue weighted by atomic mass is 10.1. The predicted octanol–water partition coefficient (Wildman–Crippen LogP) is 2.73. The van der Waals surface area contributed by atoms with E-state index in [-0.39, 0.29) is 0 Å². The molecule has 0 aliphatic rings. The van der Waals surface area contributed by atoms with Crippen molar-refractivity contribution < 1.29 is 4.74 Å². The summed E-state index contributed by atoms with van der Waals surface area (Å²) in [6, 6.07) is 11.9. The van der Waals surface area contributed by atoms with Crippen LogP contribution in [0.15, 0.2) is 42.6 Å². The summed E-state index contributed by atoms with van der Waals surface area (Å²) >= 11 is 0. The fourth-order valence-electron chi connectivity index (χ4n) is 1.61. The molecule has 0 saturated carbocycles. The average molecular weight is 214 g/mol. The van der Waals surface area contributed by atoms with Crippen LogP contribution in [0.5, 0.6) is 5.75 Å². The lowest BCUT2D eigenvalue weighted by Gasteiger charge is -2.11. The Morgan fingerprint density at radius 2 is 1.94 bits per heavy atom. The molecule has 2 N–H and O–H groups in total. The third-order valence-electron chi connectivity index (χ3n) is 2.31. The number of pyridine rings is 1. The molecule has 0 atom stereocenters. The molecule has 1 heterocycles. The molecule has 0 bridgehead atoms. The Morgan fingerprint density at radius 3 is 2.62 bits per heavy atom. The summed E-state index contributed by atoms with van der Waals surface area (Å²) in [5.41, 5.74) is 7.87. The smallest absolute Gasteiger partial charge is 0.169 e. The van der Waals surface area contributed by atoms with Crippen LogP contribution in [0.4, 0.5) is 5.82 Å². The van der Waals surface area contributed by atoms with E-state index in [0.29, 0.717) is 18.2 Å². The van der Waals surface area contributed by atoms with Gasteiger partial charge in [-0.3, -0.25) is 0 Å². The highest BCUT2D eigenvalue weighted by Crippen LogP contribution is 2.33. The highest BCUT2D eigenvalue weighted by molar-refractivity contribution is 5.75. The highest BCUT2D eigenvalue weighted by Gasteiger charge is 2.09. The normalized spacial score (nSPS) is 10.1. The van der Waals surface area contributed by atoms with Crippen molar-refractivity contribution in [2.24, 2.45) is 0 Å². The molecule has 0 fully saturated rings. The van der Waals surface area contributed by atoms with E-state index in [4.69, 9.17) is 10.5 Å². The summed E-state index contributed by atoms with van der Waals surface area (Å²) in [5.74, 6) is 1.10. The molecule has 0 aliphatic heterocycles. The first-order valence-electron chi connectivity index (χ1n) is 5.25. The Bertz CT molecular complexity index is 469. The Balaban J connectivity index is 2.52. The van der Waals surface area contributed by atoms with Gasteiger partial charge in [-0.15, -0.1) is 0 Å². The highest BCUT2D eigenvalue weighted by atomic mass is 16.5. The van der Waals surface area contributed by atoms with Crippen LogP contribution in [-0.4, -0.2) is 11.6 Å². The summed E-state index contributed by atoms with van der Waals surface area (Å²) in [6.07, 6.45) is 1.69. The Hall–Kier alpha value is -2.03. The van der Waals surface area contributed by atoms with Crippen LogP contribution < -0.4 is 10.5 Å². The van der Waals surface area contributed by atoms with E-state index >= 15 is 0 Å². The van der Waals surface area contributed by atoms with Crippen LogP contribution in [0, 0.1) is 0 Å². The molecule has 2 rings (SSSR count). The molecule has 1 aromatic heterocycles. The molecule has 0 spiro atoms. The molecular formula is C13H14N2O. The number of benzene rings is 1. The third kappa shape index (κ3) is 1.98. The zero-order valence-corrected chi connectivity index (χ0v) is 9.18. The number of anilines is 1. The van der Waals surface area contributed by atoms with E-state index in [9.17, 15) is 0 Å². The summed E-state index contributed by atoms with van der Waals surface area (Å²) in [7, 11) is 0. The number of aromatic nitrogens is 1. The van der Waals surface area contributed by atoms with Crippen LogP contribution in [0.3, 0.4) is 0 Å². The number of hydrogen-bond acceptors (Lipinski definition) is 3. The fourth-order valence-corrected chi connectivity index (χ4v) is 1.61. The van der Waals surface area contributed by atoms with Gasteiger partial charge >= 0.3 is 0 Å². The maximum absolute atomic E-state index is 5.81. The monoisotopic (exact) mass is 214 g/mol. The summed E-state index contributed by atoms with van der Waals surface area (Å²) in [4.78, 5) is 4.04. The lowest BCUT2D eigenvalue weighted by Crippen LogP contribution is -2.00. The van der Waals surface area contributed by atoms with Crippen molar-refractivity contribution in [3.8, 4) is 16.9 Å². The molecule has 0 saturated heterocycles. The Morgan fingerprint density at radius 1 is 1.19 bits per heavy atom. The van der Waals surface area contributed by atoms with Gasteiger partial charge in [0, 0.05) is 11.8 Å². The van der Waals surface area contributed by atoms with Crippen LogP contribution in [0.1, 0.15) is 6.92 Å². The molecule has 82 valence electrons. The summed E-state index contributed by atoms with van der Waals surface area (Å²) in [6.45, 7) is 2.51. The van der Waals surface area contributed by atoms with E-state index in [1.165, 1.54) is 0 Å². The molecule has 0 unspecified atom stereocenters. The number of nitrogens with two attached hydrogens (primary N) is 1. The van der Waals surface area contributed by atoms with E-state index in [1.807, 2.05) is 43.3 Å². The zero-order valence-electron chi connectivity index (χ0n) is 9.18. The third-order valence-corrected chi connectivity index (χ3v) is 2.31. The second kappa shape index (κ2) is 4.66. The van der Waals surface area contributed by atoms with Crippen molar-refractivity contribution in [1.29, 1.82) is 0 Å². The maximum Gasteiger partial charge on any atom is 0.169 e. The Kier molecular flexibility index (Phi) is 3.05. The molecular weight excluding hydrogens is 200 g/mol. The molecule has 0 radical (unpaired) electrons. The average Bonchev–Trinajstić information content (AvgIpc) is 2.33. The standard InChI is InChI=1S/C13H14N2O/c1-2-16-12-11(8-9-15-13(12)14)10-6-4-3-5-7-10/h3-9H,2H2,1H3,(H2,14,15). The first kappa shape index (κ1) is 10.5. The van der Waals surface area contributed by atoms with E-state index in [0.717, 1.165) is 11.1 Å². The minimum Gasteiger partial charge on any atom is -0.489 e. The number of nitrogens with zero attached hydrogens (tertiary/aromatic N) is 1. The van der Waals surface area contributed by atoms with Crippen molar-refractivity contribution in [3.63, 3.8) is 0 Å². The zero-order chi connectivity index (χ0) is 11.4. The fraction of sp³-hybridized carbons (Fsp3) is 0.154. The Labute approximate surface area is 94.9 Å². The number of nitrogen functional groups attached to an aromatic ring is 1. The van der Waals surface area contributed by atoms with E-state index in [2.05, 4.69) is 4.98 Å². The number of hydrogen-bond donors (Lipinski definition) is 1. The molecule has 0 amide bonds. The molecule has 1 aromatic carbocycles. The van der Waals surface area contributed by atoms with Gasteiger partial charge in [0.1, 0.15) is 0 Å². The van der Waals surface area contributed by atoms with Gasteiger partial charge in [0.25, 0.3) is 0 Å². The molecule has 2 aromatic rings. The summed E-state index contributed by atoms with van der Waals surface area (Å²) < 4.78 is 5.53. The van der Waals surface area contributed by atoms with Gasteiger partial charge in [-0.05, 0) is 18.6 Å². The van der Waals surface area contributed by atoms with Crippen molar-refractivity contribution >= 4 is 5.82 Å². The molecule has 16 heavy (non-hydrogen) atoms. The van der Waals surface area contributed by atoms with Gasteiger partial charge in [0.2, 0.25) is 0 Å². The van der Waals surface area contributed by atoms with Gasteiger partial charge in [0.05, 0.1) is 6.61 Å². The maximum atomic E-state index is 5.81. The molecule has 3 heteroatoms. The topological polar surface area (TPSA) is 48.1 Å². The SMILES string of the molecule is CCOc1c(-c2ccccc2)ccnc1N. The van der Waals surface area contributed by atoms with Crippen molar-refractivity contribution in [2.75, 3.05) is 12.3 Å². The van der Waals surface area contributed by atoms with Gasteiger partial charge in [-0.25, -0.2) is 4.98 Å². The summed E-state index contributed by atoms with van der Waals surface area (Å²) in [5, 5.41) is 0. The van der Waals surface area contributed by atoms with Crippen LogP contribution >= 0.6 is 0 Å². The van der Waals surface area contributed by atoms with E-state index in [1.54, 1.807) is 6.20 Å². The van der Waals surface area contributed by atoms with E-state index < -0.39 is 0 Å². The van der Waals surface area contributed by atoms with Crippen molar-refractivity contribution in [3.05, 3.63) is 42.6 Å². The minimum atomic E-state index is 0.434. The van der Waals surface area contributed by atoms with Crippen molar-refractivity contribution in [2.45, 2.75) is 6.92 Å². The van der Waals surface area contributed by atoms with Gasteiger partial charge < -0.3 is 10.5 Å². The lowest BCUT2D eigenvalue weighted by molar-refractivity contribution is 0.342. The van der Waals surface area contributed by atoms with Gasteiger partial charge in [0.15, 0.2) is 11.6 Å². The number of rotatable bonds is 3. The van der Waals surface area contributed by atoms with Crippen LogP contribution in [0.2, 0.25) is 0 Å².